The maximum atomic E-state index is 12.5. The summed E-state index contributed by atoms with van der Waals surface area (Å²) in [5.74, 6) is 0.763. The predicted molar refractivity (Wildman–Crippen MR) is 100 cm³/mol. The van der Waals surface area contributed by atoms with Gasteiger partial charge in [-0.3, -0.25) is 14.5 Å². The van der Waals surface area contributed by atoms with Crippen LogP contribution in [0.15, 0.2) is 34.4 Å². The fourth-order valence-corrected chi connectivity index (χ4v) is 4.63. The van der Waals surface area contributed by atoms with E-state index in [0.717, 1.165) is 45.4 Å². The number of fused-ring (bicyclic) bond motifs is 1. The molecule has 4 rings (SSSR count). The van der Waals surface area contributed by atoms with Gasteiger partial charge in [0.1, 0.15) is 0 Å². The van der Waals surface area contributed by atoms with Gasteiger partial charge in [-0.2, -0.15) is 0 Å². The SMILES string of the molecule is CC(=O)c1ccc(CN2CCc3nc(-c4cccs4)[nH]c(=O)c3C2)s1. The zero-order valence-electron chi connectivity index (χ0n) is 13.7. The quantitative estimate of drug-likeness (QED) is 0.715. The van der Waals surface area contributed by atoms with Gasteiger partial charge in [0.05, 0.1) is 21.0 Å². The number of carbonyl (C=O) groups excluding carboxylic acids is 1. The Hall–Kier alpha value is -2.09. The zero-order chi connectivity index (χ0) is 17.4. The number of nitrogens with one attached hydrogen (secondary N) is 1. The minimum Gasteiger partial charge on any atom is -0.306 e. The Morgan fingerprint density at radius 2 is 2.24 bits per heavy atom. The van der Waals surface area contributed by atoms with Crippen LogP contribution in [-0.2, 0) is 19.5 Å². The molecule has 0 saturated heterocycles. The van der Waals surface area contributed by atoms with Gasteiger partial charge in [-0.25, -0.2) is 4.98 Å². The molecule has 1 N–H and O–H groups in total. The molecule has 0 radical (unpaired) electrons. The van der Waals surface area contributed by atoms with Gasteiger partial charge in [0.25, 0.3) is 5.56 Å². The summed E-state index contributed by atoms with van der Waals surface area (Å²) >= 11 is 3.10. The van der Waals surface area contributed by atoms with Crippen molar-refractivity contribution in [1.29, 1.82) is 0 Å². The Morgan fingerprint density at radius 3 is 2.96 bits per heavy atom. The molecule has 128 valence electrons. The van der Waals surface area contributed by atoms with Crippen LogP contribution in [0.5, 0.6) is 0 Å². The molecule has 7 heteroatoms. The van der Waals surface area contributed by atoms with E-state index in [2.05, 4.69) is 14.9 Å². The molecule has 0 saturated carbocycles. The second-order valence-electron chi connectivity index (χ2n) is 6.10. The number of carbonyl (C=O) groups is 1. The molecule has 0 fully saturated rings. The van der Waals surface area contributed by atoms with Gasteiger partial charge in [-0.1, -0.05) is 6.07 Å². The van der Waals surface area contributed by atoms with E-state index in [4.69, 9.17) is 0 Å². The second kappa shape index (κ2) is 6.67. The Labute approximate surface area is 153 Å². The third kappa shape index (κ3) is 3.35. The van der Waals surface area contributed by atoms with E-state index in [1.54, 1.807) is 18.3 Å². The van der Waals surface area contributed by atoms with Crippen LogP contribution in [0.1, 0.15) is 32.7 Å². The molecule has 3 aromatic heterocycles. The van der Waals surface area contributed by atoms with Gasteiger partial charge in [0.15, 0.2) is 11.6 Å². The standard InChI is InChI=1S/C18H17N3O2S2/c1-11(22)15-5-4-12(25-15)9-21-7-6-14-13(10-21)18(23)20-17(19-14)16-3-2-8-24-16/h2-5,8H,6-7,9-10H2,1H3,(H,19,20,23). The second-order valence-corrected chi connectivity index (χ2v) is 8.22. The first-order valence-corrected chi connectivity index (χ1v) is 9.78. The normalized spacial score (nSPS) is 14.4. The summed E-state index contributed by atoms with van der Waals surface area (Å²) in [5.41, 5.74) is 1.61. The van der Waals surface area contributed by atoms with Gasteiger partial charge in [-0.15, -0.1) is 22.7 Å². The largest absolute Gasteiger partial charge is 0.306 e. The molecule has 0 unspecified atom stereocenters. The fraction of sp³-hybridized carbons (Fsp3) is 0.278. The van der Waals surface area contributed by atoms with Crippen molar-refractivity contribution >= 4 is 28.5 Å². The summed E-state index contributed by atoms with van der Waals surface area (Å²) in [4.78, 5) is 36.7. The summed E-state index contributed by atoms with van der Waals surface area (Å²) in [6, 6.07) is 7.80. The molecule has 0 spiro atoms. The van der Waals surface area contributed by atoms with Gasteiger partial charge in [0, 0.05) is 30.9 Å². The van der Waals surface area contributed by atoms with Crippen molar-refractivity contribution < 1.29 is 4.79 Å². The molecule has 0 atom stereocenters. The summed E-state index contributed by atoms with van der Waals surface area (Å²) in [5, 5.41) is 1.98. The number of aromatic amines is 1. The summed E-state index contributed by atoms with van der Waals surface area (Å²) in [7, 11) is 0. The molecule has 25 heavy (non-hydrogen) atoms. The topological polar surface area (TPSA) is 66.1 Å². The van der Waals surface area contributed by atoms with Crippen LogP contribution in [-0.4, -0.2) is 27.2 Å². The highest BCUT2D eigenvalue weighted by molar-refractivity contribution is 7.14. The maximum absolute atomic E-state index is 12.5. The molecule has 0 aliphatic carbocycles. The zero-order valence-corrected chi connectivity index (χ0v) is 15.4. The van der Waals surface area contributed by atoms with Crippen molar-refractivity contribution in [2.45, 2.75) is 26.4 Å². The predicted octanol–water partition coefficient (Wildman–Crippen LogP) is 3.32. The monoisotopic (exact) mass is 371 g/mol. The average molecular weight is 371 g/mol. The number of H-pyrrole nitrogens is 1. The number of Topliss-reactive ketones (excluding diaryl/α,β-unsaturated/α-hetero) is 1. The van der Waals surface area contributed by atoms with Gasteiger partial charge >= 0.3 is 0 Å². The molecule has 4 heterocycles. The summed E-state index contributed by atoms with van der Waals surface area (Å²) < 4.78 is 0. The lowest BCUT2D eigenvalue weighted by molar-refractivity contribution is 0.102. The van der Waals surface area contributed by atoms with Crippen molar-refractivity contribution in [2.24, 2.45) is 0 Å². The minimum atomic E-state index is -0.0475. The van der Waals surface area contributed by atoms with Crippen LogP contribution in [0.25, 0.3) is 10.7 Å². The van der Waals surface area contributed by atoms with E-state index in [-0.39, 0.29) is 11.3 Å². The number of hydrogen-bond donors (Lipinski definition) is 1. The van der Waals surface area contributed by atoms with E-state index in [1.165, 1.54) is 11.3 Å². The first-order chi connectivity index (χ1) is 12.1. The van der Waals surface area contributed by atoms with E-state index in [9.17, 15) is 9.59 Å². The lowest BCUT2D eigenvalue weighted by Gasteiger charge is -2.27. The molecular weight excluding hydrogens is 354 g/mol. The Bertz CT molecular complexity index is 973. The fourth-order valence-electron chi connectivity index (χ4n) is 3.02. The van der Waals surface area contributed by atoms with E-state index in [0.29, 0.717) is 12.4 Å². The summed E-state index contributed by atoms with van der Waals surface area (Å²) in [6.45, 7) is 3.79. The van der Waals surface area contributed by atoms with Crippen molar-refractivity contribution in [1.82, 2.24) is 14.9 Å². The highest BCUT2D eigenvalue weighted by atomic mass is 32.1. The minimum absolute atomic E-state index is 0.0475. The lowest BCUT2D eigenvalue weighted by atomic mass is 10.1. The molecule has 0 aromatic carbocycles. The van der Waals surface area contributed by atoms with Crippen LogP contribution in [0.3, 0.4) is 0 Å². The maximum Gasteiger partial charge on any atom is 0.255 e. The smallest absolute Gasteiger partial charge is 0.255 e. The van der Waals surface area contributed by atoms with Gasteiger partial charge in [0.2, 0.25) is 0 Å². The van der Waals surface area contributed by atoms with Crippen LogP contribution in [0, 0.1) is 0 Å². The number of ketones is 1. The van der Waals surface area contributed by atoms with Crippen molar-refractivity contribution in [3.8, 4) is 10.7 Å². The molecule has 1 aliphatic rings. The summed E-state index contributed by atoms with van der Waals surface area (Å²) in [6.07, 6.45) is 0.766. The first-order valence-electron chi connectivity index (χ1n) is 8.08. The Morgan fingerprint density at radius 1 is 1.36 bits per heavy atom. The van der Waals surface area contributed by atoms with Gasteiger partial charge < -0.3 is 4.98 Å². The number of aromatic nitrogens is 2. The third-order valence-corrected chi connectivity index (χ3v) is 6.34. The van der Waals surface area contributed by atoms with E-state index in [1.807, 2.05) is 29.6 Å². The molecular formula is C18H17N3O2S2. The first kappa shape index (κ1) is 16.4. The van der Waals surface area contributed by atoms with E-state index < -0.39 is 0 Å². The Balaban J connectivity index is 1.55. The van der Waals surface area contributed by atoms with Crippen LogP contribution in [0.2, 0.25) is 0 Å². The highest BCUT2D eigenvalue weighted by Gasteiger charge is 2.22. The van der Waals surface area contributed by atoms with Gasteiger partial charge in [-0.05, 0) is 30.5 Å². The van der Waals surface area contributed by atoms with E-state index >= 15 is 0 Å². The average Bonchev–Trinajstić information content (AvgIpc) is 3.27. The number of hydrogen-bond acceptors (Lipinski definition) is 6. The number of nitrogens with zero attached hydrogens (tertiary/aromatic N) is 2. The molecule has 3 aromatic rings. The van der Waals surface area contributed by atoms with Crippen molar-refractivity contribution in [2.75, 3.05) is 6.54 Å². The molecule has 0 bridgehead atoms. The lowest BCUT2D eigenvalue weighted by Crippen LogP contribution is -2.35. The Kier molecular flexibility index (Phi) is 4.37. The third-order valence-electron chi connectivity index (χ3n) is 4.29. The van der Waals surface area contributed by atoms with Crippen LogP contribution >= 0.6 is 22.7 Å². The van der Waals surface area contributed by atoms with Crippen LogP contribution in [0.4, 0.5) is 0 Å². The molecule has 5 nitrogen and oxygen atoms in total. The number of thiophene rings is 2. The van der Waals surface area contributed by atoms with Crippen molar-refractivity contribution in [3.05, 3.63) is 61.0 Å². The van der Waals surface area contributed by atoms with Crippen LogP contribution < -0.4 is 5.56 Å². The highest BCUT2D eigenvalue weighted by Crippen LogP contribution is 2.24. The molecule has 0 amide bonds. The van der Waals surface area contributed by atoms with Crippen molar-refractivity contribution in [3.63, 3.8) is 0 Å². The number of rotatable bonds is 4. The molecule has 1 aliphatic heterocycles.